The van der Waals surface area contributed by atoms with Gasteiger partial charge in [0.15, 0.2) is 5.65 Å². The lowest BCUT2D eigenvalue weighted by atomic mass is 10.1. The van der Waals surface area contributed by atoms with Gasteiger partial charge in [0.2, 0.25) is 0 Å². The van der Waals surface area contributed by atoms with Gasteiger partial charge >= 0.3 is 6.18 Å². The third-order valence-electron chi connectivity index (χ3n) is 4.18. The van der Waals surface area contributed by atoms with Crippen molar-refractivity contribution >= 4 is 11.6 Å². The monoisotopic (exact) mass is 396 g/mol. The van der Waals surface area contributed by atoms with E-state index >= 15 is 0 Å². The molecule has 0 radical (unpaired) electrons. The molecule has 0 spiro atoms. The number of hydrogen-bond donors (Lipinski definition) is 1. The molecule has 0 fully saturated rings. The van der Waals surface area contributed by atoms with Gasteiger partial charge in [-0.05, 0) is 38.1 Å². The molecule has 0 aliphatic heterocycles. The van der Waals surface area contributed by atoms with Crippen LogP contribution in [0.5, 0.6) is 5.75 Å². The van der Waals surface area contributed by atoms with Crippen LogP contribution in [0.15, 0.2) is 30.5 Å². The van der Waals surface area contributed by atoms with E-state index in [4.69, 9.17) is 4.74 Å². The van der Waals surface area contributed by atoms with E-state index in [0.717, 1.165) is 13.1 Å². The number of aryl methyl sites for hydroxylation is 1. The van der Waals surface area contributed by atoms with E-state index in [1.807, 2.05) is 5.32 Å². The van der Waals surface area contributed by atoms with Crippen molar-refractivity contribution in [3.05, 3.63) is 47.5 Å². The van der Waals surface area contributed by atoms with Crippen LogP contribution in [0.4, 0.5) is 17.6 Å². The van der Waals surface area contributed by atoms with Crippen LogP contribution in [0.2, 0.25) is 0 Å². The van der Waals surface area contributed by atoms with Crippen molar-refractivity contribution in [1.29, 1.82) is 0 Å². The van der Waals surface area contributed by atoms with Gasteiger partial charge in [0, 0.05) is 11.3 Å². The summed E-state index contributed by atoms with van der Waals surface area (Å²) in [7, 11) is 1.43. The van der Waals surface area contributed by atoms with Crippen molar-refractivity contribution in [2.45, 2.75) is 26.1 Å². The summed E-state index contributed by atoms with van der Waals surface area (Å²) in [6.07, 6.45) is -3.46. The van der Waals surface area contributed by atoms with Crippen LogP contribution >= 0.6 is 0 Å². The molecule has 148 valence electrons. The molecule has 1 aromatic carbocycles. The molecule has 0 unspecified atom stereocenters. The first-order chi connectivity index (χ1) is 13.1. The summed E-state index contributed by atoms with van der Waals surface area (Å²) in [6, 6.07) is 3.60. The zero-order valence-electron chi connectivity index (χ0n) is 15.1. The minimum absolute atomic E-state index is 0.0177. The highest BCUT2D eigenvalue weighted by Crippen LogP contribution is 2.27. The standard InChI is InChI=1S/C18H16F4N4O2/c1-9-6-15(12-7-11(28-3)4-5-14(12)19)25-16-13(8-23-26(9)16)17(27)24-10(2)18(20,21)22/h4-8,10H,1-3H3,(H,24,27)/t10-/m0/s1. The van der Waals surface area contributed by atoms with Crippen molar-refractivity contribution in [1.82, 2.24) is 19.9 Å². The number of carbonyl (C=O) groups excluding carboxylic acids is 1. The summed E-state index contributed by atoms with van der Waals surface area (Å²) >= 11 is 0. The number of nitrogens with one attached hydrogen (secondary N) is 1. The smallest absolute Gasteiger partial charge is 0.408 e. The molecule has 3 rings (SSSR count). The molecule has 0 aliphatic carbocycles. The fraction of sp³-hybridized carbons (Fsp3) is 0.278. The second-order valence-corrected chi connectivity index (χ2v) is 6.16. The van der Waals surface area contributed by atoms with Gasteiger partial charge < -0.3 is 10.1 Å². The van der Waals surface area contributed by atoms with Gasteiger partial charge in [0.1, 0.15) is 23.2 Å². The Kier molecular flexibility index (Phi) is 4.97. The second kappa shape index (κ2) is 7.10. The van der Waals surface area contributed by atoms with Crippen molar-refractivity contribution in [2.24, 2.45) is 0 Å². The first-order valence-electron chi connectivity index (χ1n) is 8.18. The van der Waals surface area contributed by atoms with Crippen LogP contribution in [-0.2, 0) is 0 Å². The lowest BCUT2D eigenvalue weighted by Crippen LogP contribution is -2.43. The molecular formula is C18H16F4N4O2. The maximum Gasteiger partial charge on any atom is 0.408 e. The number of aromatic nitrogens is 3. The summed E-state index contributed by atoms with van der Waals surface area (Å²) < 4.78 is 58.9. The minimum atomic E-state index is -4.59. The quantitative estimate of drug-likeness (QED) is 0.685. The molecule has 0 aliphatic rings. The average molecular weight is 396 g/mol. The molecule has 10 heteroatoms. The molecule has 2 heterocycles. The number of methoxy groups -OCH3 is 1. The molecular weight excluding hydrogens is 380 g/mol. The minimum Gasteiger partial charge on any atom is -0.497 e. The number of halogens is 4. The van der Waals surface area contributed by atoms with Crippen LogP contribution < -0.4 is 10.1 Å². The zero-order valence-corrected chi connectivity index (χ0v) is 15.1. The molecule has 6 nitrogen and oxygen atoms in total. The molecule has 0 saturated heterocycles. The molecule has 1 atom stereocenters. The molecule has 1 N–H and O–H groups in total. The third-order valence-corrected chi connectivity index (χ3v) is 4.18. The fourth-order valence-corrected chi connectivity index (χ4v) is 2.60. The Hall–Kier alpha value is -3.17. The number of ether oxygens (including phenoxy) is 1. The number of nitrogens with zero attached hydrogens (tertiary/aromatic N) is 3. The highest BCUT2D eigenvalue weighted by molar-refractivity contribution is 6.00. The molecule has 0 saturated carbocycles. The van der Waals surface area contributed by atoms with E-state index in [0.29, 0.717) is 11.4 Å². The number of benzene rings is 1. The highest BCUT2D eigenvalue weighted by atomic mass is 19.4. The van der Waals surface area contributed by atoms with Gasteiger partial charge in [-0.2, -0.15) is 18.3 Å². The largest absolute Gasteiger partial charge is 0.497 e. The van der Waals surface area contributed by atoms with Crippen LogP contribution in [0, 0.1) is 12.7 Å². The SMILES string of the molecule is COc1ccc(F)c(-c2cc(C)n3ncc(C(=O)N[C@@H](C)C(F)(F)F)c3n2)c1. The summed E-state index contributed by atoms with van der Waals surface area (Å²) in [5, 5.41) is 5.86. The van der Waals surface area contributed by atoms with E-state index in [-0.39, 0.29) is 22.5 Å². The van der Waals surface area contributed by atoms with E-state index in [1.54, 1.807) is 13.0 Å². The Morgan fingerprint density at radius 3 is 2.64 bits per heavy atom. The summed E-state index contributed by atoms with van der Waals surface area (Å²) in [5.41, 5.74) is 0.708. The average Bonchev–Trinajstić information content (AvgIpc) is 3.06. The molecule has 28 heavy (non-hydrogen) atoms. The van der Waals surface area contributed by atoms with E-state index in [2.05, 4.69) is 10.1 Å². The van der Waals surface area contributed by atoms with Gasteiger partial charge in [-0.1, -0.05) is 0 Å². The van der Waals surface area contributed by atoms with Gasteiger partial charge in [-0.25, -0.2) is 13.9 Å². The Labute approximate surface area is 157 Å². The van der Waals surface area contributed by atoms with Gasteiger partial charge in [0.05, 0.1) is 19.0 Å². The van der Waals surface area contributed by atoms with Gasteiger partial charge in [0.25, 0.3) is 5.91 Å². The first-order valence-corrected chi connectivity index (χ1v) is 8.18. The Morgan fingerprint density at radius 2 is 2.00 bits per heavy atom. The predicted octanol–water partition coefficient (Wildman–Crippen LogP) is 3.53. The van der Waals surface area contributed by atoms with Crippen molar-refractivity contribution in [3.8, 4) is 17.0 Å². The van der Waals surface area contributed by atoms with Gasteiger partial charge in [-0.3, -0.25) is 4.79 Å². The zero-order chi connectivity index (χ0) is 20.6. The van der Waals surface area contributed by atoms with E-state index in [9.17, 15) is 22.4 Å². The first kappa shape index (κ1) is 19.6. The third kappa shape index (κ3) is 3.62. The Morgan fingerprint density at radius 1 is 1.29 bits per heavy atom. The fourth-order valence-electron chi connectivity index (χ4n) is 2.60. The second-order valence-electron chi connectivity index (χ2n) is 6.16. The number of hydrogen-bond acceptors (Lipinski definition) is 4. The molecule has 0 bridgehead atoms. The molecule has 3 aromatic rings. The van der Waals surface area contributed by atoms with Crippen LogP contribution in [0.25, 0.3) is 16.9 Å². The number of amides is 1. The van der Waals surface area contributed by atoms with Crippen LogP contribution in [-0.4, -0.2) is 39.8 Å². The lowest BCUT2D eigenvalue weighted by Gasteiger charge is -2.16. The Balaban J connectivity index is 2.08. The molecule has 1 amide bonds. The molecule has 2 aromatic heterocycles. The van der Waals surface area contributed by atoms with Crippen LogP contribution in [0.1, 0.15) is 23.0 Å². The number of carbonyl (C=O) groups is 1. The normalized spacial score (nSPS) is 12.8. The Bertz CT molecular complexity index is 1050. The van der Waals surface area contributed by atoms with Crippen molar-refractivity contribution < 1.29 is 27.1 Å². The van der Waals surface area contributed by atoms with Crippen LogP contribution in [0.3, 0.4) is 0 Å². The maximum atomic E-state index is 14.3. The summed E-state index contributed by atoms with van der Waals surface area (Å²) in [5.74, 6) is -1.13. The van der Waals surface area contributed by atoms with Crippen molar-refractivity contribution in [2.75, 3.05) is 7.11 Å². The van der Waals surface area contributed by atoms with Gasteiger partial charge in [-0.15, -0.1) is 0 Å². The highest BCUT2D eigenvalue weighted by Gasteiger charge is 2.37. The van der Waals surface area contributed by atoms with Crippen molar-refractivity contribution in [3.63, 3.8) is 0 Å². The predicted molar refractivity (Wildman–Crippen MR) is 92.7 cm³/mol. The number of alkyl halides is 3. The summed E-state index contributed by atoms with van der Waals surface area (Å²) in [4.78, 5) is 16.6. The maximum absolute atomic E-state index is 14.3. The lowest BCUT2D eigenvalue weighted by molar-refractivity contribution is -0.149. The number of fused-ring (bicyclic) bond motifs is 1. The summed E-state index contributed by atoms with van der Waals surface area (Å²) in [6.45, 7) is 2.49. The van der Waals surface area contributed by atoms with E-state index < -0.39 is 23.9 Å². The van der Waals surface area contributed by atoms with E-state index in [1.165, 1.54) is 29.8 Å². The topological polar surface area (TPSA) is 68.5 Å². The number of rotatable bonds is 4.